The fourth-order valence-electron chi connectivity index (χ4n) is 3.02. The number of carbonyl (C=O) groups excluding carboxylic acids is 2. The second-order valence-electron chi connectivity index (χ2n) is 6.04. The van der Waals surface area contributed by atoms with Crippen LogP contribution >= 0.6 is 0 Å². The van der Waals surface area contributed by atoms with Crippen LogP contribution in [0.2, 0.25) is 0 Å². The Morgan fingerprint density at radius 2 is 1.87 bits per heavy atom. The van der Waals surface area contributed by atoms with Crippen molar-refractivity contribution < 1.29 is 9.59 Å². The van der Waals surface area contributed by atoms with Gasteiger partial charge in [-0.2, -0.15) is 0 Å². The zero-order valence-electron chi connectivity index (χ0n) is 13.6. The molecular formula is C19H20N2O2. The van der Waals surface area contributed by atoms with Crippen molar-refractivity contribution in [3.63, 3.8) is 0 Å². The first-order chi connectivity index (χ1) is 11.0. The highest BCUT2D eigenvalue weighted by molar-refractivity contribution is 6.05. The molecule has 0 unspecified atom stereocenters. The lowest BCUT2D eigenvalue weighted by Crippen LogP contribution is -2.25. The third-order valence-electron chi connectivity index (χ3n) is 4.25. The Morgan fingerprint density at radius 3 is 2.57 bits per heavy atom. The molecule has 2 amide bonds. The number of fused-ring (bicyclic) bond motifs is 1. The van der Waals surface area contributed by atoms with Crippen LogP contribution in [0.1, 0.15) is 34.0 Å². The molecule has 0 aliphatic carbocycles. The number of hydrogen-bond acceptors (Lipinski definition) is 2. The summed E-state index contributed by atoms with van der Waals surface area (Å²) in [5, 5.41) is 2.96. The van der Waals surface area contributed by atoms with Crippen molar-refractivity contribution in [3.8, 4) is 0 Å². The van der Waals surface area contributed by atoms with Gasteiger partial charge >= 0.3 is 0 Å². The van der Waals surface area contributed by atoms with Crippen molar-refractivity contribution in [2.75, 3.05) is 16.8 Å². The number of anilines is 2. The highest BCUT2D eigenvalue weighted by atomic mass is 16.2. The van der Waals surface area contributed by atoms with Gasteiger partial charge in [-0.15, -0.1) is 0 Å². The van der Waals surface area contributed by atoms with Crippen molar-refractivity contribution in [1.29, 1.82) is 0 Å². The fourth-order valence-corrected chi connectivity index (χ4v) is 3.02. The van der Waals surface area contributed by atoms with Crippen molar-refractivity contribution in [2.45, 2.75) is 27.2 Å². The molecular weight excluding hydrogens is 288 g/mol. The van der Waals surface area contributed by atoms with Gasteiger partial charge in [0, 0.05) is 30.4 Å². The van der Waals surface area contributed by atoms with Gasteiger partial charge in [-0.3, -0.25) is 9.59 Å². The molecule has 2 aromatic rings. The first kappa shape index (κ1) is 15.3. The van der Waals surface area contributed by atoms with E-state index >= 15 is 0 Å². The Kier molecular flexibility index (Phi) is 3.90. The molecule has 1 aliphatic rings. The lowest BCUT2D eigenvalue weighted by molar-refractivity contribution is -0.116. The van der Waals surface area contributed by atoms with E-state index in [9.17, 15) is 9.59 Å². The Bertz CT molecular complexity index is 796. The Hall–Kier alpha value is -2.62. The summed E-state index contributed by atoms with van der Waals surface area (Å²) in [5.41, 5.74) is 5.62. The lowest BCUT2D eigenvalue weighted by atomic mass is 10.1. The molecule has 0 radical (unpaired) electrons. The summed E-state index contributed by atoms with van der Waals surface area (Å²) >= 11 is 0. The van der Waals surface area contributed by atoms with Crippen LogP contribution in [0.15, 0.2) is 36.4 Å². The third-order valence-corrected chi connectivity index (χ3v) is 4.25. The smallest absolute Gasteiger partial charge is 0.255 e. The van der Waals surface area contributed by atoms with E-state index in [1.807, 2.05) is 44.2 Å². The number of aryl methyl sites for hydroxylation is 2. The zero-order valence-corrected chi connectivity index (χ0v) is 13.6. The van der Waals surface area contributed by atoms with Gasteiger partial charge in [0.1, 0.15) is 0 Å². The van der Waals surface area contributed by atoms with E-state index in [1.165, 1.54) is 5.56 Å². The Morgan fingerprint density at radius 1 is 1.09 bits per heavy atom. The minimum atomic E-state index is -0.124. The molecule has 3 rings (SSSR count). The molecule has 4 nitrogen and oxygen atoms in total. The van der Waals surface area contributed by atoms with Gasteiger partial charge in [0.2, 0.25) is 5.91 Å². The number of carbonyl (C=O) groups is 2. The summed E-state index contributed by atoms with van der Waals surface area (Å²) in [6, 6.07) is 11.5. The average molecular weight is 308 g/mol. The van der Waals surface area contributed by atoms with E-state index in [4.69, 9.17) is 0 Å². The van der Waals surface area contributed by atoms with Crippen molar-refractivity contribution in [1.82, 2.24) is 0 Å². The predicted molar refractivity (Wildman–Crippen MR) is 92.0 cm³/mol. The molecule has 23 heavy (non-hydrogen) atoms. The molecule has 0 saturated carbocycles. The van der Waals surface area contributed by atoms with Gasteiger partial charge in [0.15, 0.2) is 0 Å². The number of benzene rings is 2. The number of nitrogens with one attached hydrogen (secondary N) is 1. The second kappa shape index (κ2) is 5.88. The van der Waals surface area contributed by atoms with Crippen LogP contribution in [0, 0.1) is 13.8 Å². The summed E-state index contributed by atoms with van der Waals surface area (Å²) < 4.78 is 0. The van der Waals surface area contributed by atoms with Crippen molar-refractivity contribution >= 4 is 23.2 Å². The van der Waals surface area contributed by atoms with E-state index in [-0.39, 0.29) is 11.8 Å². The minimum absolute atomic E-state index is 0.0382. The highest BCUT2D eigenvalue weighted by Gasteiger charge is 2.23. The maximum atomic E-state index is 12.5. The maximum absolute atomic E-state index is 12.5. The number of hydrogen-bond donors (Lipinski definition) is 1. The van der Waals surface area contributed by atoms with Crippen LogP contribution < -0.4 is 10.2 Å². The van der Waals surface area contributed by atoms with Crippen LogP contribution in [0.5, 0.6) is 0 Å². The highest BCUT2D eigenvalue weighted by Crippen LogP contribution is 2.29. The molecule has 2 aromatic carbocycles. The van der Waals surface area contributed by atoms with E-state index in [0.717, 1.165) is 28.9 Å². The Balaban J connectivity index is 1.82. The van der Waals surface area contributed by atoms with Crippen LogP contribution in [-0.2, 0) is 11.2 Å². The van der Waals surface area contributed by atoms with Gasteiger partial charge in [-0.1, -0.05) is 17.7 Å². The normalized spacial score (nSPS) is 12.9. The molecule has 118 valence electrons. The summed E-state index contributed by atoms with van der Waals surface area (Å²) in [7, 11) is 0. The van der Waals surface area contributed by atoms with Crippen molar-refractivity contribution in [2.24, 2.45) is 0 Å². The lowest BCUT2D eigenvalue weighted by Gasteiger charge is -2.15. The van der Waals surface area contributed by atoms with E-state index in [2.05, 4.69) is 5.32 Å². The molecule has 1 heterocycles. The van der Waals surface area contributed by atoms with Gasteiger partial charge in [0.05, 0.1) is 0 Å². The standard InChI is InChI=1S/C19H20N2O2/c1-12-4-6-17(13(2)10-12)20-19(23)16-5-7-18-15(11-16)8-9-21(18)14(3)22/h4-7,10-11H,8-9H2,1-3H3,(H,20,23). The topological polar surface area (TPSA) is 49.4 Å². The number of nitrogens with zero attached hydrogens (tertiary/aromatic N) is 1. The van der Waals surface area contributed by atoms with Crippen LogP contribution in [0.25, 0.3) is 0 Å². The fraction of sp³-hybridized carbons (Fsp3) is 0.263. The monoisotopic (exact) mass is 308 g/mol. The molecule has 4 heteroatoms. The van der Waals surface area contributed by atoms with E-state index in [1.54, 1.807) is 17.9 Å². The number of rotatable bonds is 2. The summed E-state index contributed by atoms with van der Waals surface area (Å²) in [6.07, 6.45) is 0.791. The van der Waals surface area contributed by atoms with E-state index < -0.39 is 0 Å². The predicted octanol–water partition coefficient (Wildman–Crippen LogP) is 3.46. The van der Waals surface area contributed by atoms with Crippen LogP contribution in [-0.4, -0.2) is 18.4 Å². The quantitative estimate of drug-likeness (QED) is 0.923. The largest absolute Gasteiger partial charge is 0.322 e. The van der Waals surface area contributed by atoms with Crippen molar-refractivity contribution in [3.05, 3.63) is 58.7 Å². The SMILES string of the molecule is CC(=O)N1CCc2cc(C(=O)Nc3ccc(C)cc3C)ccc21. The minimum Gasteiger partial charge on any atom is -0.322 e. The molecule has 0 spiro atoms. The first-order valence-corrected chi connectivity index (χ1v) is 7.75. The molecule has 0 atom stereocenters. The Labute approximate surface area is 136 Å². The summed E-state index contributed by atoms with van der Waals surface area (Å²) in [4.78, 5) is 25.8. The third kappa shape index (κ3) is 2.97. The number of amides is 2. The van der Waals surface area contributed by atoms with Gasteiger partial charge in [-0.05, 0) is 55.7 Å². The maximum Gasteiger partial charge on any atom is 0.255 e. The van der Waals surface area contributed by atoms with E-state index in [0.29, 0.717) is 12.1 Å². The molecule has 0 saturated heterocycles. The van der Waals surface area contributed by atoms with Gasteiger partial charge in [-0.25, -0.2) is 0 Å². The van der Waals surface area contributed by atoms with Gasteiger partial charge < -0.3 is 10.2 Å². The summed E-state index contributed by atoms with van der Waals surface area (Å²) in [6.45, 7) is 6.26. The van der Waals surface area contributed by atoms with Crippen LogP contribution in [0.4, 0.5) is 11.4 Å². The molecule has 0 bridgehead atoms. The van der Waals surface area contributed by atoms with Crippen LogP contribution in [0.3, 0.4) is 0 Å². The second-order valence-corrected chi connectivity index (χ2v) is 6.04. The average Bonchev–Trinajstić information content (AvgIpc) is 2.93. The first-order valence-electron chi connectivity index (χ1n) is 7.75. The molecule has 0 aromatic heterocycles. The zero-order chi connectivity index (χ0) is 16.6. The molecule has 1 aliphatic heterocycles. The molecule has 0 fully saturated rings. The summed E-state index contributed by atoms with van der Waals surface area (Å²) in [5.74, 6) is -0.0859. The molecule has 1 N–H and O–H groups in total. The van der Waals surface area contributed by atoms with Gasteiger partial charge in [0.25, 0.3) is 5.91 Å².